The largest absolute Gasteiger partial charge is 0.341 e. The van der Waals surface area contributed by atoms with Gasteiger partial charge in [-0.2, -0.15) is 5.26 Å². The maximum Gasteiger partial charge on any atom is 0.243 e. The summed E-state index contributed by atoms with van der Waals surface area (Å²) in [5, 5.41) is 9.15. The van der Waals surface area contributed by atoms with Crippen LogP contribution in [0.2, 0.25) is 0 Å². The minimum Gasteiger partial charge on any atom is -0.341 e. The van der Waals surface area contributed by atoms with Crippen LogP contribution in [-0.2, 0) is 4.79 Å². The predicted octanol–water partition coefficient (Wildman–Crippen LogP) is 1.94. The van der Waals surface area contributed by atoms with E-state index in [2.05, 4.69) is 13.0 Å². The molecule has 0 aromatic heterocycles. The van der Waals surface area contributed by atoms with Crippen LogP contribution in [-0.4, -0.2) is 23.9 Å². The first-order chi connectivity index (χ1) is 7.09. The number of rotatable bonds is 2. The lowest BCUT2D eigenvalue weighted by Gasteiger charge is -2.45. The van der Waals surface area contributed by atoms with E-state index in [0.29, 0.717) is 12.0 Å². The molecule has 0 atom stereocenters. The van der Waals surface area contributed by atoms with Crippen molar-refractivity contribution in [3.05, 3.63) is 0 Å². The topological polar surface area (TPSA) is 44.1 Å². The molecule has 2 fully saturated rings. The highest BCUT2D eigenvalue weighted by molar-refractivity contribution is 5.86. The molecular weight excluding hydrogens is 188 g/mol. The summed E-state index contributed by atoms with van der Waals surface area (Å²) < 4.78 is 0. The van der Waals surface area contributed by atoms with Crippen molar-refractivity contribution in [1.29, 1.82) is 5.26 Å². The van der Waals surface area contributed by atoms with Crippen LogP contribution >= 0.6 is 0 Å². The van der Waals surface area contributed by atoms with Gasteiger partial charge in [0.2, 0.25) is 5.91 Å². The number of carbonyl (C=O) groups is 1. The first-order valence-corrected chi connectivity index (χ1v) is 5.77. The molecule has 0 bridgehead atoms. The minimum absolute atomic E-state index is 0.0628. The van der Waals surface area contributed by atoms with Crippen molar-refractivity contribution < 1.29 is 4.79 Å². The summed E-state index contributed by atoms with van der Waals surface area (Å²) in [6, 6.07) is 2.64. The fourth-order valence-corrected chi connectivity index (χ4v) is 2.72. The highest BCUT2D eigenvalue weighted by atomic mass is 16.2. The zero-order valence-electron chi connectivity index (χ0n) is 9.49. The van der Waals surface area contributed by atoms with Gasteiger partial charge in [0.25, 0.3) is 0 Å². The van der Waals surface area contributed by atoms with E-state index < -0.39 is 5.41 Å². The third kappa shape index (κ3) is 1.52. The molecule has 0 heterocycles. The van der Waals surface area contributed by atoms with Crippen LogP contribution < -0.4 is 0 Å². The summed E-state index contributed by atoms with van der Waals surface area (Å²) in [7, 11) is 1.86. The maximum atomic E-state index is 12.2. The number of nitrogens with zero attached hydrogens (tertiary/aromatic N) is 2. The standard InChI is InChI=1S/C12H18N2O/c1-9-6-12(7-9,8-13)11(15)14(2)10-4-3-5-10/h9-10H,3-7H2,1-2H3. The Balaban J connectivity index is 2.03. The summed E-state index contributed by atoms with van der Waals surface area (Å²) in [4.78, 5) is 14.0. The molecule has 0 unspecified atom stereocenters. The molecule has 0 radical (unpaired) electrons. The van der Waals surface area contributed by atoms with Crippen LogP contribution in [0, 0.1) is 22.7 Å². The fraction of sp³-hybridized carbons (Fsp3) is 0.833. The fourth-order valence-electron chi connectivity index (χ4n) is 2.72. The van der Waals surface area contributed by atoms with Gasteiger partial charge in [-0.1, -0.05) is 6.92 Å². The third-order valence-electron chi connectivity index (χ3n) is 3.96. The zero-order chi connectivity index (χ0) is 11.1. The molecule has 2 aliphatic carbocycles. The second-order valence-electron chi connectivity index (χ2n) is 5.21. The van der Waals surface area contributed by atoms with Gasteiger partial charge in [0.1, 0.15) is 5.41 Å². The van der Waals surface area contributed by atoms with Crippen molar-refractivity contribution >= 4 is 5.91 Å². The van der Waals surface area contributed by atoms with Crippen molar-refractivity contribution in [3.63, 3.8) is 0 Å². The lowest BCUT2D eigenvalue weighted by molar-refractivity contribution is -0.147. The number of hydrogen-bond acceptors (Lipinski definition) is 2. The molecule has 0 aliphatic heterocycles. The van der Waals surface area contributed by atoms with E-state index in [9.17, 15) is 4.79 Å². The van der Waals surface area contributed by atoms with Crippen LogP contribution in [0.25, 0.3) is 0 Å². The zero-order valence-corrected chi connectivity index (χ0v) is 9.49. The van der Waals surface area contributed by atoms with Gasteiger partial charge in [0.15, 0.2) is 0 Å². The molecule has 2 saturated carbocycles. The maximum absolute atomic E-state index is 12.2. The van der Waals surface area contributed by atoms with Gasteiger partial charge in [-0.3, -0.25) is 4.79 Å². The Labute approximate surface area is 91.1 Å². The van der Waals surface area contributed by atoms with Crippen LogP contribution in [0.15, 0.2) is 0 Å². The Morgan fingerprint density at radius 1 is 1.47 bits per heavy atom. The molecule has 2 rings (SSSR count). The van der Waals surface area contributed by atoms with E-state index in [-0.39, 0.29) is 5.91 Å². The summed E-state index contributed by atoms with van der Waals surface area (Å²) >= 11 is 0. The monoisotopic (exact) mass is 206 g/mol. The predicted molar refractivity (Wildman–Crippen MR) is 56.9 cm³/mol. The van der Waals surface area contributed by atoms with Crippen molar-refractivity contribution in [2.45, 2.75) is 45.1 Å². The van der Waals surface area contributed by atoms with Gasteiger partial charge in [-0.05, 0) is 38.0 Å². The molecule has 3 nitrogen and oxygen atoms in total. The second kappa shape index (κ2) is 3.52. The molecular formula is C12H18N2O. The van der Waals surface area contributed by atoms with Crippen LogP contribution in [0.3, 0.4) is 0 Å². The summed E-state index contributed by atoms with van der Waals surface area (Å²) in [6.45, 7) is 2.10. The highest BCUT2D eigenvalue weighted by Crippen LogP contribution is 2.46. The number of nitriles is 1. The van der Waals surface area contributed by atoms with Gasteiger partial charge in [0, 0.05) is 13.1 Å². The molecule has 0 aromatic carbocycles. The first-order valence-electron chi connectivity index (χ1n) is 5.77. The molecule has 0 saturated heterocycles. The van der Waals surface area contributed by atoms with Crippen molar-refractivity contribution in [3.8, 4) is 6.07 Å². The SMILES string of the molecule is CC1CC(C#N)(C(=O)N(C)C2CCC2)C1. The minimum atomic E-state index is -0.677. The van der Waals surface area contributed by atoms with E-state index in [4.69, 9.17) is 5.26 Å². The molecule has 1 amide bonds. The number of carbonyl (C=O) groups excluding carboxylic acids is 1. The van der Waals surface area contributed by atoms with Crippen LogP contribution in [0.4, 0.5) is 0 Å². The molecule has 82 valence electrons. The Hall–Kier alpha value is -1.04. The van der Waals surface area contributed by atoms with E-state index in [1.165, 1.54) is 6.42 Å². The highest BCUT2D eigenvalue weighted by Gasteiger charge is 2.51. The van der Waals surface area contributed by atoms with Gasteiger partial charge in [0.05, 0.1) is 6.07 Å². The van der Waals surface area contributed by atoms with Crippen molar-refractivity contribution in [2.75, 3.05) is 7.05 Å². The Bertz CT molecular complexity index is 308. The van der Waals surface area contributed by atoms with Crippen LogP contribution in [0.1, 0.15) is 39.0 Å². The first kappa shape index (κ1) is 10.5. The third-order valence-corrected chi connectivity index (χ3v) is 3.96. The molecule has 3 heteroatoms. The van der Waals surface area contributed by atoms with E-state index in [1.807, 2.05) is 11.9 Å². The lowest BCUT2D eigenvalue weighted by Crippen LogP contribution is -2.53. The van der Waals surface area contributed by atoms with Crippen molar-refractivity contribution in [1.82, 2.24) is 4.90 Å². The Kier molecular flexibility index (Phi) is 2.46. The van der Waals surface area contributed by atoms with E-state index in [1.54, 1.807) is 0 Å². The Morgan fingerprint density at radius 2 is 2.07 bits per heavy atom. The van der Waals surface area contributed by atoms with Crippen molar-refractivity contribution in [2.24, 2.45) is 11.3 Å². The van der Waals surface area contributed by atoms with Gasteiger partial charge >= 0.3 is 0 Å². The second-order valence-corrected chi connectivity index (χ2v) is 5.21. The molecule has 0 N–H and O–H groups in total. The van der Waals surface area contributed by atoms with Gasteiger partial charge in [-0.15, -0.1) is 0 Å². The molecule has 15 heavy (non-hydrogen) atoms. The lowest BCUT2D eigenvalue weighted by atomic mass is 9.62. The Morgan fingerprint density at radius 3 is 2.40 bits per heavy atom. The molecule has 0 spiro atoms. The van der Waals surface area contributed by atoms with Gasteiger partial charge < -0.3 is 4.90 Å². The number of hydrogen-bond donors (Lipinski definition) is 0. The van der Waals surface area contributed by atoms with Crippen LogP contribution in [0.5, 0.6) is 0 Å². The molecule has 2 aliphatic rings. The summed E-state index contributed by atoms with van der Waals surface area (Å²) in [5.74, 6) is 0.594. The summed E-state index contributed by atoms with van der Waals surface area (Å²) in [6.07, 6.45) is 4.94. The summed E-state index contributed by atoms with van der Waals surface area (Å²) in [5.41, 5.74) is -0.677. The quantitative estimate of drug-likeness (QED) is 0.693. The number of amides is 1. The normalized spacial score (nSPS) is 34.9. The van der Waals surface area contributed by atoms with E-state index >= 15 is 0 Å². The smallest absolute Gasteiger partial charge is 0.243 e. The van der Waals surface area contributed by atoms with E-state index in [0.717, 1.165) is 25.7 Å². The molecule has 0 aromatic rings. The van der Waals surface area contributed by atoms with Gasteiger partial charge in [-0.25, -0.2) is 0 Å². The average molecular weight is 206 g/mol. The average Bonchev–Trinajstić information content (AvgIpc) is 2.08.